The summed E-state index contributed by atoms with van der Waals surface area (Å²) in [6.07, 6.45) is 3.30. The van der Waals surface area contributed by atoms with Gasteiger partial charge in [0.1, 0.15) is 6.61 Å². The highest BCUT2D eigenvalue weighted by atomic mass is 32.1. The third-order valence-electron chi connectivity index (χ3n) is 6.29. The summed E-state index contributed by atoms with van der Waals surface area (Å²) in [7, 11) is 1.44. The van der Waals surface area contributed by atoms with Crippen molar-refractivity contribution in [3.8, 4) is 23.0 Å². The van der Waals surface area contributed by atoms with Gasteiger partial charge in [-0.2, -0.15) is 0 Å². The number of carboxylic acid groups (broad SMARTS) is 1. The van der Waals surface area contributed by atoms with Gasteiger partial charge < -0.3 is 28.8 Å². The fourth-order valence-electron chi connectivity index (χ4n) is 4.52. The maximum absolute atomic E-state index is 14.0. The number of fused-ring (bicyclic) bond motifs is 1. The van der Waals surface area contributed by atoms with Crippen LogP contribution < -0.4 is 33.8 Å². The Labute approximate surface area is 251 Å². The fourth-order valence-corrected chi connectivity index (χ4v) is 5.57. The van der Waals surface area contributed by atoms with Gasteiger partial charge in [0.25, 0.3) is 5.56 Å². The Morgan fingerprint density at radius 1 is 1.05 bits per heavy atom. The summed E-state index contributed by atoms with van der Waals surface area (Å²) >= 11 is 1.17. The number of hydrogen-bond acceptors (Lipinski definition) is 10. The third kappa shape index (κ3) is 6.81. The minimum absolute atomic E-state index is 0.152. The van der Waals surface area contributed by atoms with Gasteiger partial charge in [-0.1, -0.05) is 36.1 Å². The second kappa shape index (κ2) is 13.9. The van der Waals surface area contributed by atoms with Gasteiger partial charge in [-0.3, -0.25) is 9.36 Å². The quantitative estimate of drug-likeness (QED) is 0.229. The minimum atomic E-state index is -1.12. The van der Waals surface area contributed by atoms with Gasteiger partial charge in [0, 0.05) is 0 Å². The van der Waals surface area contributed by atoms with Crippen LogP contribution >= 0.6 is 11.3 Å². The molecule has 0 aliphatic carbocycles. The zero-order valence-corrected chi connectivity index (χ0v) is 25.1. The summed E-state index contributed by atoms with van der Waals surface area (Å²) in [5.74, 6) is -0.173. The monoisotopic (exact) mass is 608 g/mol. The van der Waals surface area contributed by atoms with Crippen molar-refractivity contribution in [2.75, 3.05) is 33.5 Å². The Kier molecular flexibility index (Phi) is 10.0. The number of esters is 1. The molecule has 3 aromatic rings. The maximum Gasteiger partial charge on any atom is 0.341 e. The normalized spacial score (nSPS) is 14.4. The average Bonchev–Trinajstić information content (AvgIpc) is 3.28. The molecule has 0 bridgehead atoms. The second-order valence-corrected chi connectivity index (χ2v) is 10.1. The highest BCUT2D eigenvalue weighted by Crippen LogP contribution is 2.36. The molecule has 226 valence electrons. The van der Waals surface area contributed by atoms with Crippen LogP contribution in [0.2, 0.25) is 0 Å². The number of nitrogens with zero attached hydrogens (tertiary/aromatic N) is 2. The average molecular weight is 609 g/mol. The molecule has 11 nitrogen and oxygen atoms in total. The van der Waals surface area contributed by atoms with E-state index in [0.717, 1.165) is 0 Å². The Bertz CT molecular complexity index is 1750. The predicted molar refractivity (Wildman–Crippen MR) is 160 cm³/mol. The number of allylic oxidation sites excluding steroid dienone is 1. The van der Waals surface area contributed by atoms with Crippen LogP contribution in [0.5, 0.6) is 23.0 Å². The van der Waals surface area contributed by atoms with Gasteiger partial charge in [0.05, 0.1) is 42.2 Å². The topological polar surface area (TPSA) is 135 Å². The van der Waals surface area contributed by atoms with Gasteiger partial charge in [0.15, 0.2) is 34.4 Å². The highest BCUT2D eigenvalue weighted by molar-refractivity contribution is 7.07. The molecule has 0 saturated heterocycles. The number of rotatable bonds is 13. The van der Waals surface area contributed by atoms with Crippen LogP contribution in [0.25, 0.3) is 6.08 Å². The minimum Gasteiger partial charge on any atom is -0.493 e. The molecule has 0 radical (unpaired) electrons. The number of carbonyl (C=O) groups excluding carboxylic acids is 1. The van der Waals surface area contributed by atoms with Gasteiger partial charge >= 0.3 is 11.9 Å². The van der Waals surface area contributed by atoms with E-state index < -0.39 is 24.6 Å². The molecule has 2 aromatic carbocycles. The van der Waals surface area contributed by atoms with Crippen LogP contribution in [0.1, 0.15) is 37.9 Å². The van der Waals surface area contributed by atoms with Crippen LogP contribution in [0, 0.1) is 0 Å². The van der Waals surface area contributed by atoms with Crippen LogP contribution in [-0.4, -0.2) is 55.1 Å². The van der Waals surface area contributed by atoms with Crippen molar-refractivity contribution in [1.82, 2.24) is 4.57 Å². The number of thiazole rings is 1. The van der Waals surface area contributed by atoms with Crippen molar-refractivity contribution in [3.63, 3.8) is 0 Å². The number of aromatic nitrogens is 1. The summed E-state index contributed by atoms with van der Waals surface area (Å²) in [4.78, 5) is 43.1. The Balaban J connectivity index is 1.87. The van der Waals surface area contributed by atoms with Gasteiger partial charge in [-0.25, -0.2) is 14.6 Å². The van der Waals surface area contributed by atoms with E-state index in [1.807, 2.05) is 6.92 Å². The van der Waals surface area contributed by atoms with Crippen LogP contribution in [0.15, 0.2) is 70.1 Å². The smallest absolute Gasteiger partial charge is 0.341 e. The summed E-state index contributed by atoms with van der Waals surface area (Å²) < 4.78 is 29.5. The molecule has 0 saturated carbocycles. The standard InChI is InChI=1S/C31H32N2O9S/c1-6-13-41-22-12-10-20(16-24(22)39-7-2)28-27(30(37)40-8-3)18(4)32-31-33(28)29(36)25(43-31)15-19-9-11-21(23(14-19)38-5)42-17-26(34)35/h6,9-12,14-16,28H,1,7-8,13,17H2,2-5H3,(H,34,35)/b25-15+. The molecule has 1 aliphatic rings. The Morgan fingerprint density at radius 2 is 1.79 bits per heavy atom. The first-order valence-electron chi connectivity index (χ1n) is 13.4. The number of methoxy groups -OCH3 is 1. The number of aliphatic carboxylic acids is 1. The second-order valence-electron chi connectivity index (χ2n) is 9.13. The van der Waals surface area contributed by atoms with E-state index in [0.29, 0.717) is 50.0 Å². The van der Waals surface area contributed by atoms with E-state index in [1.165, 1.54) is 23.0 Å². The molecule has 0 spiro atoms. The van der Waals surface area contributed by atoms with Crippen molar-refractivity contribution in [3.05, 3.63) is 91.1 Å². The molecule has 0 amide bonds. The summed E-state index contributed by atoms with van der Waals surface area (Å²) in [5, 5.41) is 8.93. The molecule has 2 heterocycles. The van der Waals surface area contributed by atoms with E-state index >= 15 is 0 Å². The maximum atomic E-state index is 14.0. The predicted octanol–water partition coefficient (Wildman–Crippen LogP) is 3.23. The number of carbonyl (C=O) groups is 2. The molecule has 1 aliphatic heterocycles. The SMILES string of the molecule is C=CCOc1ccc(C2C(C(=O)OCC)=C(C)N=c3s/c(=C/c4ccc(OCC(=O)O)c(OC)c4)c(=O)n32)cc1OCC. The van der Waals surface area contributed by atoms with Crippen molar-refractivity contribution in [2.24, 2.45) is 4.99 Å². The first-order valence-corrected chi connectivity index (χ1v) is 14.3. The van der Waals surface area contributed by atoms with Crippen molar-refractivity contribution in [2.45, 2.75) is 26.8 Å². The van der Waals surface area contributed by atoms with Crippen molar-refractivity contribution < 1.29 is 38.4 Å². The molecular formula is C31H32N2O9S. The molecule has 1 N–H and O–H groups in total. The lowest BCUT2D eigenvalue weighted by Gasteiger charge is -2.25. The van der Waals surface area contributed by atoms with E-state index in [9.17, 15) is 14.4 Å². The third-order valence-corrected chi connectivity index (χ3v) is 7.28. The van der Waals surface area contributed by atoms with Gasteiger partial charge in [0.2, 0.25) is 0 Å². The zero-order chi connectivity index (χ0) is 31.1. The molecule has 4 rings (SSSR count). The zero-order valence-electron chi connectivity index (χ0n) is 24.2. The van der Waals surface area contributed by atoms with Crippen LogP contribution in [0.3, 0.4) is 0 Å². The largest absolute Gasteiger partial charge is 0.493 e. The molecule has 1 aromatic heterocycles. The van der Waals surface area contributed by atoms with Crippen LogP contribution in [-0.2, 0) is 14.3 Å². The van der Waals surface area contributed by atoms with Crippen molar-refractivity contribution in [1.29, 1.82) is 0 Å². The first-order chi connectivity index (χ1) is 20.7. The van der Waals surface area contributed by atoms with Gasteiger partial charge in [-0.05, 0) is 62.2 Å². The lowest BCUT2D eigenvalue weighted by molar-refractivity contribution is -0.140. The molecule has 43 heavy (non-hydrogen) atoms. The van der Waals surface area contributed by atoms with E-state index in [1.54, 1.807) is 62.4 Å². The Morgan fingerprint density at radius 3 is 2.47 bits per heavy atom. The molecule has 1 atom stereocenters. The summed E-state index contributed by atoms with van der Waals surface area (Å²) in [6, 6.07) is 9.31. The number of benzene rings is 2. The Hall–Kier alpha value is -4.84. The molecule has 0 fully saturated rings. The molecular weight excluding hydrogens is 576 g/mol. The van der Waals surface area contributed by atoms with E-state index in [4.69, 9.17) is 28.8 Å². The van der Waals surface area contributed by atoms with Crippen LogP contribution in [0.4, 0.5) is 0 Å². The summed E-state index contributed by atoms with van der Waals surface area (Å²) in [6.45, 7) is 9.23. The fraction of sp³-hybridized carbons (Fsp3) is 0.290. The number of carboxylic acids is 1. The highest BCUT2D eigenvalue weighted by Gasteiger charge is 2.34. The molecule has 12 heteroatoms. The van der Waals surface area contributed by atoms with E-state index in [-0.39, 0.29) is 30.1 Å². The number of ether oxygens (including phenoxy) is 5. The lowest BCUT2D eigenvalue weighted by atomic mass is 9.95. The van der Waals surface area contributed by atoms with Gasteiger partial charge in [-0.15, -0.1) is 0 Å². The lowest BCUT2D eigenvalue weighted by Crippen LogP contribution is -2.40. The van der Waals surface area contributed by atoms with Crippen molar-refractivity contribution >= 4 is 29.4 Å². The van der Waals surface area contributed by atoms with E-state index in [2.05, 4.69) is 11.6 Å². The number of hydrogen-bond donors (Lipinski definition) is 1. The summed E-state index contributed by atoms with van der Waals surface area (Å²) in [5.41, 5.74) is 1.54. The first kappa shape index (κ1) is 31.1. The molecule has 1 unspecified atom stereocenters.